The van der Waals surface area contributed by atoms with Gasteiger partial charge in [-0.3, -0.25) is 0 Å². The molecule has 1 aromatic rings. The number of benzene rings is 1. The Morgan fingerprint density at radius 1 is 1.31 bits per heavy atom. The van der Waals surface area contributed by atoms with Gasteiger partial charge in [-0.2, -0.15) is 0 Å². The summed E-state index contributed by atoms with van der Waals surface area (Å²) >= 11 is 2.20. The third kappa shape index (κ3) is 4.83. The number of unbranched alkanes of at least 4 members (excludes halogenated alkanes) is 2. The average molecular weight is 332 g/mol. The first-order valence-corrected chi connectivity index (χ1v) is 6.61. The Morgan fingerprint density at radius 3 is 2.75 bits per heavy atom. The summed E-state index contributed by atoms with van der Waals surface area (Å²) in [5.41, 5.74) is 0.857. The lowest BCUT2D eigenvalue weighted by Gasteiger charge is -2.08. The molecule has 0 aromatic heterocycles. The van der Waals surface area contributed by atoms with E-state index in [2.05, 4.69) is 40.1 Å². The van der Waals surface area contributed by atoms with Crippen LogP contribution in [0.1, 0.15) is 26.2 Å². The van der Waals surface area contributed by atoms with Crippen LogP contribution in [0.25, 0.3) is 0 Å². The monoisotopic (exact) mass is 332 g/mol. The molecule has 0 spiro atoms. The molecule has 0 aliphatic carbocycles. The molecule has 0 heterocycles. The fraction of sp³-hybridized carbons (Fsp3) is 0.417. The van der Waals surface area contributed by atoms with E-state index < -0.39 is 0 Å². The minimum Gasteiger partial charge on any atom is -0.338 e. The predicted octanol–water partition coefficient (Wildman–Crippen LogP) is 3.60. The van der Waals surface area contributed by atoms with Crippen LogP contribution in [0.3, 0.4) is 0 Å². The lowest BCUT2D eigenvalue weighted by Crippen LogP contribution is -2.29. The minimum absolute atomic E-state index is 0.125. The summed E-state index contributed by atoms with van der Waals surface area (Å²) in [6, 6.07) is 7.60. The van der Waals surface area contributed by atoms with Gasteiger partial charge in [0.25, 0.3) is 0 Å². The molecule has 0 bridgehead atoms. The number of amides is 2. The van der Waals surface area contributed by atoms with Gasteiger partial charge in [-0.05, 0) is 41.1 Å². The Bertz CT molecular complexity index is 342. The van der Waals surface area contributed by atoms with Crippen molar-refractivity contribution < 1.29 is 4.79 Å². The van der Waals surface area contributed by atoms with E-state index in [4.69, 9.17) is 0 Å². The Hall–Kier alpha value is -0.780. The molecule has 0 saturated heterocycles. The molecule has 1 rings (SSSR count). The van der Waals surface area contributed by atoms with E-state index in [0.29, 0.717) is 0 Å². The van der Waals surface area contributed by atoms with Crippen molar-refractivity contribution >= 4 is 34.3 Å². The van der Waals surface area contributed by atoms with Gasteiger partial charge in [0, 0.05) is 10.1 Å². The summed E-state index contributed by atoms with van der Waals surface area (Å²) in [5.74, 6) is 0. The average Bonchev–Trinajstić information content (AvgIpc) is 2.28. The number of hydrogen-bond donors (Lipinski definition) is 2. The molecule has 4 heteroatoms. The first-order chi connectivity index (χ1) is 7.74. The van der Waals surface area contributed by atoms with Crippen LogP contribution >= 0.6 is 22.6 Å². The van der Waals surface area contributed by atoms with Crippen molar-refractivity contribution in [3.8, 4) is 0 Å². The van der Waals surface area contributed by atoms with E-state index in [1.165, 1.54) is 6.42 Å². The van der Waals surface area contributed by atoms with Gasteiger partial charge >= 0.3 is 6.03 Å². The zero-order valence-corrected chi connectivity index (χ0v) is 11.6. The fourth-order valence-electron chi connectivity index (χ4n) is 1.31. The summed E-state index contributed by atoms with van der Waals surface area (Å²) in [4.78, 5) is 11.5. The number of carbonyl (C=O) groups excluding carboxylic acids is 1. The highest BCUT2D eigenvalue weighted by Crippen LogP contribution is 2.16. The van der Waals surface area contributed by atoms with Gasteiger partial charge in [0.15, 0.2) is 0 Å². The molecule has 0 fully saturated rings. The molecule has 3 nitrogen and oxygen atoms in total. The summed E-state index contributed by atoms with van der Waals surface area (Å²) < 4.78 is 1.05. The highest BCUT2D eigenvalue weighted by Gasteiger charge is 2.02. The standard InChI is InChI=1S/C12H17IN2O/c1-2-3-6-9-14-12(16)15-11-8-5-4-7-10(11)13/h4-5,7-8H,2-3,6,9H2,1H3,(H2,14,15,16). The third-order valence-electron chi connectivity index (χ3n) is 2.19. The van der Waals surface area contributed by atoms with Crippen molar-refractivity contribution in [1.29, 1.82) is 0 Å². The van der Waals surface area contributed by atoms with Crippen molar-refractivity contribution in [1.82, 2.24) is 5.32 Å². The van der Waals surface area contributed by atoms with Crippen molar-refractivity contribution in [2.75, 3.05) is 11.9 Å². The van der Waals surface area contributed by atoms with Crippen LogP contribution in [-0.2, 0) is 0 Å². The van der Waals surface area contributed by atoms with Gasteiger partial charge in [0.1, 0.15) is 0 Å². The van der Waals surface area contributed by atoms with Crippen molar-refractivity contribution in [3.63, 3.8) is 0 Å². The number of carbonyl (C=O) groups is 1. The van der Waals surface area contributed by atoms with Gasteiger partial charge in [0.05, 0.1) is 5.69 Å². The number of halogens is 1. The highest BCUT2D eigenvalue weighted by atomic mass is 127. The minimum atomic E-state index is -0.125. The summed E-state index contributed by atoms with van der Waals surface area (Å²) in [7, 11) is 0. The summed E-state index contributed by atoms with van der Waals surface area (Å²) in [6.07, 6.45) is 3.36. The van der Waals surface area contributed by atoms with Crippen LogP contribution in [0.5, 0.6) is 0 Å². The van der Waals surface area contributed by atoms with E-state index in [1.54, 1.807) is 0 Å². The Kier molecular flexibility index (Phi) is 6.22. The molecule has 0 saturated carbocycles. The van der Waals surface area contributed by atoms with Crippen LogP contribution < -0.4 is 10.6 Å². The van der Waals surface area contributed by atoms with Crippen LogP contribution in [0.2, 0.25) is 0 Å². The Morgan fingerprint density at radius 2 is 2.06 bits per heavy atom. The van der Waals surface area contributed by atoms with Gasteiger partial charge in [-0.15, -0.1) is 0 Å². The van der Waals surface area contributed by atoms with E-state index in [1.807, 2.05) is 24.3 Å². The smallest absolute Gasteiger partial charge is 0.319 e. The maximum Gasteiger partial charge on any atom is 0.319 e. The summed E-state index contributed by atoms with van der Waals surface area (Å²) in [5, 5.41) is 5.67. The quantitative estimate of drug-likeness (QED) is 0.628. The number of nitrogens with one attached hydrogen (secondary N) is 2. The maximum atomic E-state index is 11.5. The van der Waals surface area contributed by atoms with E-state index in [-0.39, 0.29) is 6.03 Å². The fourth-order valence-corrected chi connectivity index (χ4v) is 1.83. The topological polar surface area (TPSA) is 41.1 Å². The van der Waals surface area contributed by atoms with Gasteiger partial charge in [-0.1, -0.05) is 31.9 Å². The van der Waals surface area contributed by atoms with Crippen molar-refractivity contribution in [2.24, 2.45) is 0 Å². The normalized spacial score (nSPS) is 9.88. The molecule has 2 amide bonds. The Balaban J connectivity index is 2.32. The third-order valence-corrected chi connectivity index (χ3v) is 3.13. The second kappa shape index (κ2) is 7.49. The number of anilines is 1. The van der Waals surface area contributed by atoms with Crippen LogP contribution in [0.4, 0.5) is 10.5 Å². The number of urea groups is 1. The van der Waals surface area contributed by atoms with Gasteiger partial charge in [0.2, 0.25) is 0 Å². The molecule has 88 valence electrons. The highest BCUT2D eigenvalue weighted by molar-refractivity contribution is 14.1. The van der Waals surface area contributed by atoms with Crippen LogP contribution in [0, 0.1) is 3.57 Å². The van der Waals surface area contributed by atoms with Gasteiger partial charge in [-0.25, -0.2) is 4.79 Å². The second-order valence-corrected chi connectivity index (χ2v) is 4.73. The van der Waals surface area contributed by atoms with E-state index in [0.717, 1.165) is 28.6 Å². The molecule has 2 N–H and O–H groups in total. The van der Waals surface area contributed by atoms with Crippen LogP contribution in [-0.4, -0.2) is 12.6 Å². The van der Waals surface area contributed by atoms with E-state index >= 15 is 0 Å². The number of rotatable bonds is 5. The first kappa shape index (κ1) is 13.3. The van der Waals surface area contributed by atoms with Gasteiger partial charge < -0.3 is 10.6 Å². The van der Waals surface area contributed by atoms with Crippen molar-refractivity contribution in [2.45, 2.75) is 26.2 Å². The molecule has 0 aliphatic rings. The van der Waals surface area contributed by atoms with Crippen molar-refractivity contribution in [3.05, 3.63) is 27.8 Å². The molecule has 16 heavy (non-hydrogen) atoms. The summed E-state index contributed by atoms with van der Waals surface area (Å²) in [6.45, 7) is 2.88. The largest absolute Gasteiger partial charge is 0.338 e. The first-order valence-electron chi connectivity index (χ1n) is 5.53. The Labute approximate surface area is 110 Å². The van der Waals surface area contributed by atoms with E-state index in [9.17, 15) is 4.79 Å². The number of hydrogen-bond acceptors (Lipinski definition) is 1. The molecule has 0 unspecified atom stereocenters. The zero-order valence-electron chi connectivity index (χ0n) is 9.42. The number of para-hydroxylation sites is 1. The lowest BCUT2D eigenvalue weighted by atomic mass is 10.2. The lowest BCUT2D eigenvalue weighted by molar-refractivity contribution is 0.252. The maximum absolute atomic E-state index is 11.5. The molecular formula is C12H17IN2O. The molecule has 0 atom stereocenters. The molecule has 0 radical (unpaired) electrons. The predicted molar refractivity (Wildman–Crippen MR) is 75.7 cm³/mol. The molecule has 1 aromatic carbocycles. The van der Waals surface area contributed by atoms with Crippen LogP contribution in [0.15, 0.2) is 24.3 Å². The zero-order chi connectivity index (χ0) is 11.8. The second-order valence-electron chi connectivity index (χ2n) is 3.57. The SMILES string of the molecule is CCCCCNC(=O)Nc1ccccc1I. The molecule has 0 aliphatic heterocycles. The molecular weight excluding hydrogens is 315 g/mol.